The highest BCUT2D eigenvalue weighted by atomic mass is 19.1. The minimum Gasteiger partial charge on any atom is -0.332 e. The Morgan fingerprint density at radius 2 is 2.00 bits per heavy atom. The summed E-state index contributed by atoms with van der Waals surface area (Å²) in [5, 5.41) is 4.13. The average Bonchev–Trinajstić information content (AvgIpc) is 3.40. The molecule has 0 atom stereocenters. The van der Waals surface area contributed by atoms with Gasteiger partial charge >= 0.3 is 0 Å². The molecule has 1 aliphatic rings. The Morgan fingerprint density at radius 1 is 1.21 bits per heavy atom. The van der Waals surface area contributed by atoms with Crippen LogP contribution in [0, 0.1) is 5.82 Å². The Morgan fingerprint density at radius 3 is 2.75 bits per heavy atom. The summed E-state index contributed by atoms with van der Waals surface area (Å²) in [5.74, 6) is 0.848. The van der Waals surface area contributed by atoms with Crippen molar-refractivity contribution >= 4 is 16.6 Å². The molecule has 144 valence electrons. The molecule has 0 unspecified atom stereocenters. The molecule has 0 radical (unpaired) electrons. The van der Waals surface area contributed by atoms with Crippen LogP contribution in [0.4, 0.5) is 4.39 Å². The summed E-state index contributed by atoms with van der Waals surface area (Å²) >= 11 is 0. The summed E-state index contributed by atoms with van der Waals surface area (Å²) < 4.78 is 22.6. The fourth-order valence-electron chi connectivity index (χ4n) is 4.20. The first-order valence-corrected chi connectivity index (χ1v) is 9.59. The molecule has 0 spiro atoms. The molecule has 1 fully saturated rings. The lowest BCUT2D eigenvalue weighted by Gasteiger charge is -2.15. The van der Waals surface area contributed by atoms with E-state index in [0.717, 1.165) is 12.8 Å². The van der Waals surface area contributed by atoms with Crippen molar-refractivity contribution < 1.29 is 8.91 Å². The Hall–Kier alpha value is -3.03. The molecule has 4 aromatic rings. The number of rotatable bonds is 3. The Bertz CT molecular complexity index is 1250. The van der Waals surface area contributed by atoms with E-state index in [1.807, 2.05) is 13.8 Å². The van der Waals surface area contributed by atoms with Gasteiger partial charge in [-0.05, 0) is 44.9 Å². The molecule has 3 heterocycles. The molecule has 8 heteroatoms. The van der Waals surface area contributed by atoms with E-state index in [1.165, 1.54) is 25.0 Å². The van der Waals surface area contributed by atoms with Gasteiger partial charge in [0.15, 0.2) is 11.5 Å². The summed E-state index contributed by atoms with van der Waals surface area (Å²) in [4.78, 5) is 22.2. The number of imidazole rings is 1. The predicted octanol–water partition coefficient (Wildman–Crippen LogP) is 4.08. The van der Waals surface area contributed by atoms with Crippen LogP contribution in [0.25, 0.3) is 28.1 Å². The van der Waals surface area contributed by atoms with Gasteiger partial charge in [0.2, 0.25) is 0 Å². The molecule has 1 aliphatic carbocycles. The Kier molecular flexibility index (Phi) is 3.82. The second-order valence-electron chi connectivity index (χ2n) is 7.65. The second kappa shape index (κ2) is 6.25. The number of benzene rings is 1. The van der Waals surface area contributed by atoms with Gasteiger partial charge in [0.05, 0.1) is 11.0 Å². The van der Waals surface area contributed by atoms with Crippen LogP contribution in [0.15, 0.2) is 33.8 Å². The average molecular weight is 381 g/mol. The van der Waals surface area contributed by atoms with Crippen LogP contribution in [0.2, 0.25) is 0 Å². The van der Waals surface area contributed by atoms with E-state index >= 15 is 0 Å². The van der Waals surface area contributed by atoms with Crippen LogP contribution in [-0.4, -0.2) is 24.1 Å². The number of aromatic nitrogens is 5. The van der Waals surface area contributed by atoms with Crippen LogP contribution in [0.1, 0.15) is 57.3 Å². The van der Waals surface area contributed by atoms with E-state index in [0.29, 0.717) is 34.0 Å². The summed E-state index contributed by atoms with van der Waals surface area (Å²) in [6.07, 6.45) is 6.00. The number of halogens is 1. The van der Waals surface area contributed by atoms with Crippen LogP contribution >= 0.6 is 0 Å². The van der Waals surface area contributed by atoms with Crippen LogP contribution in [0.3, 0.4) is 0 Å². The molecule has 5 rings (SSSR count). The van der Waals surface area contributed by atoms with Crippen molar-refractivity contribution in [1.82, 2.24) is 24.1 Å². The summed E-state index contributed by atoms with van der Waals surface area (Å²) in [6.45, 7) is 3.78. The van der Waals surface area contributed by atoms with Crippen molar-refractivity contribution in [2.75, 3.05) is 0 Å². The van der Waals surface area contributed by atoms with Crippen molar-refractivity contribution in [3.63, 3.8) is 0 Å². The van der Waals surface area contributed by atoms with Gasteiger partial charge in [-0.15, -0.1) is 0 Å². The number of fused-ring (bicyclic) bond motifs is 3. The molecular formula is C20H20FN5O2. The highest BCUT2D eigenvalue weighted by molar-refractivity contribution is 5.83. The molecular weight excluding hydrogens is 361 g/mol. The highest BCUT2D eigenvalue weighted by Crippen LogP contribution is 2.33. The molecule has 7 nitrogen and oxygen atoms in total. The predicted molar refractivity (Wildman–Crippen MR) is 102 cm³/mol. The molecule has 28 heavy (non-hydrogen) atoms. The monoisotopic (exact) mass is 381 g/mol. The quantitative estimate of drug-likeness (QED) is 0.534. The zero-order valence-corrected chi connectivity index (χ0v) is 15.7. The summed E-state index contributed by atoms with van der Waals surface area (Å²) in [5.41, 5.74) is 1.67. The molecule has 1 saturated carbocycles. The topological polar surface area (TPSA) is 78.2 Å². The van der Waals surface area contributed by atoms with Gasteiger partial charge in [0.25, 0.3) is 11.4 Å². The third-order valence-corrected chi connectivity index (χ3v) is 5.53. The summed E-state index contributed by atoms with van der Waals surface area (Å²) in [7, 11) is 0. The molecule has 0 aliphatic heterocycles. The van der Waals surface area contributed by atoms with Gasteiger partial charge in [0.1, 0.15) is 17.7 Å². The van der Waals surface area contributed by atoms with E-state index in [-0.39, 0.29) is 23.3 Å². The van der Waals surface area contributed by atoms with Crippen molar-refractivity contribution in [3.05, 3.63) is 46.5 Å². The third kappa shape index (κ3) is 2.47. The SMILES string of the molecule is CC(C)n1c(=O)c2c(-c3nc(C4CCCC4)no3)ncn2c2ccc(F)cc21. The number of nitrogens with zero attached hydrogens (tertiary/aromatic N) is 5. The Balaban J connectivity index is 1.77. The van der Waals surface area contributed by atoms with Gasteiger partial charge in [-0.25, -0.2) is 9.37 Å². The van der Waals surface area contributed by atoms with Gasteiger partial charge < -0.3 is 9.09 Å². The van der Waals surface area contributed by atoms with Gasteiger partial charge in [-0.2, -0.15) is 4.98 Å². The van der Waals surface area contributed by atoms with Crippen LogP contribution in [0.5, 0.6) is 0 Å². The standard InChI is InChI=1S/C20H20FN5O2/c1-11(2)26-15-9-13(21)7-8-14(15)25-10-22-16(17(25)20(26)27)19-23-18(24-28-19)12-5-3-4-6-12/h7-12H,3-6H2,1-2H3. The Labute approximate surface area is 159 Å². The number of hydrogen-bond donors (Lipinski definition) is 0. The first-order valence-electron chi connectivity index (χ1n) is 9.59. The molecule has 0 bridgehead atoms. The van der Waals surface area contributed by atoms with E-state index in [2.05, 4.69) is 15.1 Å². The highest BCUT2D eigenvalue weighted by Gasteiger charge is 2.26. The zero-order valence-electron chi connectivity index (χ0n) is 15.7. The van der Waals surface area contributed by atoms with Crippen LogP contribution < -0.4 is 5.56 Å². The minimum absolute atomic E-state index is 0.152. The molecule has 0 amide bonds. The molecule has 3 aromatic heterocycles. The smallest absolute Gasteiger partial charge is 0.278 e. The van der Waals surface area contributed by atoms with Gasteiger partial charge in [0, 0.05) is 12.0 Å². The molecule has 0 saturated heterocycles. The maximum Gasteiger partial charge on any atom is 0.278 e. The maximum absolute atomic E-state index is 13.9. The fraction of sp³-hybridized carbons (Fsp3) is 0.400. The lowest BCUT2D eigenvalue weighted by molar-refractivity contribution is 0.415. The lowest BCUT2D eigenvalue weighted by atomic mass is 10.1. The zero-order chi connectivity index (χ0) is 19.4. The minimum atomic E-state index is -0.390. The summed E-state index contributed by atoms with van der Waals surface area (Å²) in [6, 6.07) is 4.25. The van der Waals surface area contributed by atoms with Crippen molar-refractivity contribution in [3.8, 4) is 11.6 Å². The normalized spacial score (nSPS) is 15.4. The largest absolute Gasteiger partial charge is 0.332 e. The lowest BCUT2D eigenvalue weighted by Crippen LogP contribution is -2.24. The van der Waals surface area contributed by atoms with E-state index in [1.54, 1.807) is 21.4 Å². The third-order valence-electron chi connectivity index (χ3n) is 5.53. The van der Waals surface area contributed by atoms with E-state index in [9.17, 15) is 9.18 Å². The molecule has 0 N–H and O–H groups in total. The molecule has 1 aromatic carbocycles. The van der Waals surface area contributed by atoms with E-state index < -0.39 is 0 Å². The van der Waals surface area contributed by atoms with Crippen molar-refractivity contribution in [2.24, 2.45) is 0 Å². The maximum atomic E-state index is 13.9. The van der Waals surface area contributed by atoms with Crippen LogP contribution in [-0.2, 0) is 0 Å². The second-order valence-corrected chi connectivity index (χ2v) is 7.65. The van der Waals surface area contributed by atoms with Gasteiger partial charge in [-0.1, -0.05) is 18.0 Å². The first-order chi connectivity index (χ1) is 13.5. The van der Waals surface area contributed by atoms with E-state index in [4.69, 9.17) is 4.52 Å². The van der Waals surface area contributed by atoms with Gasteiger partial charge in [-0.3, -0.25) is 9.20 Å². The van der Waals surface area contributed by atoms with Crippen molar-refractivity contribution in [1.29, 1.82) is 0 Å². The fourth-order valence-corrected chi connectivity index (χ4v) is 4.20. The number of hydrogen-bond acceptors (Lipinski definition) is 5. The first kappa shape index (κ1) is 17.1. The van der Waals surface area contributed by atoms with Crippen molar-refractivity contribution in [2.45, 2.75) is 51.5 Å².